The summed E-state index contributed by atoms with van der Waals surface area (Å²) in [5.74, 6) is -2.17. The number of benzene rings is 1. The fourth-order valence-corrected chi connectivity index (χ4v) is 2.98. The Morgan fingerprint density at radius 1 is 1.19 bits per heavy atom. The van der Waals surface area contributed by atoms with Gasteiger partial charge in [-0.05, 0) is 23.8 Å². The molecule has 0 unspecified atom stereocenters. The molecule has 0 aliphatic heterocycles. The van der Waals surface area contributed by atoms with Crippen molar-refractivity contribution in [3.63, 3.8) is 0 Å². The summed E-state index contributed by atoms with van der Waals surface area (Å²) in [5, 5.41) is 0. The summed E-state index contributed by atoms with van der Waals surface area (Å²) in [6.45, 7) is 0.0293. The van der Waals surface area contributed by atoms with E-state index >= 15 is 0 Å². The largest absolute Gasteiger partial charge is 0.396 e. The Kier molecular flexibility index (Phi) is 4.19. The molecule has 1 aromatic heterocycles. The van der Waals surface area contributed by atoms with Crippen LogP contribution in [0.2, 0.25) is 0 Å². The highest BCUT2D eigenvalue weighted by molar-refractivity contribution is 7.89. The van der Waals surface area contributed by atoms with E-state index < -0.39 is 32.2 Å². The third-order valence-electron chi connectivity index (χ3n) is 2.89. The smallest absolute Gasteiger partial charge is 0.246 e. The van der Waals surface area contributed by atoms with Gasteiger partial charge in [0.1, 0.15) is 16.5 Å². The third kappa shape index (κ3) is 3.17. The fourth-order valence-electron chi connectivity index (χ4n) is 1.74. The maximum absolute atomic E-state index is 13.7. The number of rotatable bonds is 4. The second-order valence-electron chi connectivity index (χ2n) is 4.42. The van der Waals surface area contributed by atoms with E-state index in [2.05, 4.69) is 4.98 Å². The van der Waals surface area contributed by atoms with Gasteiger partial charge in [0.05, 0.1) is 5.69 Å². The van der Waals surface area contributed by atoms with Crippen LogP contribution in [0.3, 0.4) is 0 Å². The van der Waals surface area contributed by atoms with Gasteiger partial charge in [0, 0.05) is 32.1 Å². The summed E-state index contributed by atoms with van der Waals surface area (Å²) in [7, 11) is -2.82. The molecule has 0 bridgehead atoms. The summed E-state index contributed by atoms with van der Waals surface area (Å²) < 4.78 is 52.4. The van der Waals surface area contributed by atoms with Gasteiger partial charge in [0.15, 0.2) is 0 Å². The normalized spacial score (nSPS) is 11.8. The maximum atomic E-state index is 13.7. The standard InChI is InChI=1S/C13H13F2N3O2S/c1-18(8-9-2-4-17-5-3-9)21(19,20)13-7-12(16)10(14)6-11(13)15/h2-7H,8,16H2,1H3. The topological polar surface area (TPSA) is 76.3 Å². The third-order valence-corrected chi connectivity index (χ3v) is 4.71. The van der Waals surface area contributed by atoms with Gasteiger partial charge in [-0.3, -0.25) is 4.98 Å². The minimum Gasteiger partial charge on any atom is -0.396 e. The van der Waals surface area contributed by atoms with Crippen molar-refractivity contribution in [2.75, 3.05) is 12.8 Å². The number of anilines is 1. The van der Waals surface area contributed by atoms with Crippen LogP contribution in [0.15, 0.2) is 41.6 Å². The number of nitrogens with zero attached hydrogens (tertiary/aromatic N) is 2. The lowest BCUT2D eigenvalue weighted by molar-refractivity contribution is 0.458. The molecule has 1 heterocycles. The zero-order valence-corrected chi connectivity index (χ0v) is 11.9. The Hall–Kier alpha value is -2.06. The van der Waals surface area contributed by atoms with Crippen molar-refractivity contribution in [3.05, 3.63) is 53.9 Å². The Labute approximate surface area is 121 Å². The van der Waals surface area contributed by atoms with Crippen molar-refractivity contribution in [2.45, 2.75) is 11.4 Å². The summed E-state index contributed by atoms with van der Waals surface area (Å²) in [5.41, 5.74) is 5.57. The molecule has 0 spiro atoms. The summed E-state index contributed by atoms with van der Waals surface area (Å²) in [4.78, 5) is 3.17. The van der Waals surface area contributed by atoms with Gasteiger partial charge in [-0.25, -0.2) is 17.2 Å². The van der Waals surface area contributed by atoms with Crippen LogP contribution in [0.5, 0.6) is 0 Å². The zero-order chi connectivity index (χ0) is 15.6. The van der Waals surface area contributed by atoms with Crippen LogP contribution in [0.1, 0.15) is 5.56 Å². The lowest BCUT2D eigenvalue weighted by Crippen LogP contribution is -2.27. The Morgan fingerprint density at radius 2 is 1.81 bits per heavy atom. The molecule has 112 valence electrons. The minimum absolute atomic E-state index is 0.0293. The van der Waals surface area contributed by atoms with Crippen LogP contribution < -0.4 is 5.73 Å². The second kappa shape index (κ2) is 5.74. The molecule has 1 aromatic carbocycles. The first-order valence-corrected chi connectivity index (χ1v) is 7.36. The fraction of sp³-hybridized carbons (Fsp3) is 0.154. The molecule has 0 radical (unpaired) electrons. The molecule has 0 fully saturated rings. The number of aromatic nitrogens is 1. The molecule has 0 saturated heterocycles. The van der Waals surface area contributed by atoms with Crippen molar-refractivity contribution in [2.24, 2.45) is 0 Å². The number of nitrogen functional groups attached to an aromatic ring is 1. The molecule has 0 aliphatic carbocycles. The van der Waals surface area contributed by atoms with Gasteiger partial charge in [0.25, 0.3) is 0 Å². The molecule has 0 atom stereocenters. The molecule has 0 aliphatic rings. The van der Waals surface area contributed by atoms with Gasteiger partial charge in [-0.15, -0.1) is 0 Å². The molecule has 8 heteroatoms. The second-order valence-corrected chi connectivity index (χ2v) is 6.43. The van der Waals surface area contributed by atoms with Crippen molar-refractivity contribution in [1.82, 2.24) is 9.29 Å². The number of sulfonamides is 1. The molecule has 0 amide bonds. The lowest BCUT2D eigenvalue weighted by atomic mass is 10.3. The van der Waals surface area contributed by atoms with Crippen molar-refractivity contribution in [1.29, 1.82) is 0 Å². The monoisotopic (exact) mass is 313 g/mol. The Bertz CT molecular complexity index is 752. The summed E-state index contributed by atoms with van der Waals surface area (Å²) in [6, 6.07) is 4.52. The van der Waals surface area contributed by atoms with E-state index in [1.165, 1.54) is 19.4 Å². The summed E-state index contributed by atoms with van der Waals surface area (Å²) in [6.07, 6.45) is 3.04. The predicted molar refractivity (Wildman–Crippen MR) is 73.7 cm³/mol. The van der Waals surface area contributed by atoms with Crippen LogP contribution >= 0.6 is 0 Å². The Morgan fingerprint density at radius 3 is 2.43 bits per heavy atom. The van der Waals surface area contributed by atoms with E-state index in [1.54, 1.807) is 12.1 Å². The summed E-state index contributed by atoms with van der Waals surface area (Å²) >= 11 is 0. The van der Waals surface area contributed by atoms with Crippen LogP contribution in [-0.4, -0.2) is 24.8 Å². The SMILES string of the molecule is CN(Cc1ccncc1)S(=O)(=O)c1cc(N)c(F)cc1F. The average Bonchev–Trinajstić information content (AvgIpc) is 2.43. The van der Waals surface area contributed by atoms with E-state index in [-0.39, 0.29) is 6.54 Å². The zero-order valence-electron chi connectivity index (χ0n) is 11.1. The molecular weight excluding hydrogens is 300 g/mol. The van der Waals surface area contributed by atoms with Crippen molar-refractivity contribution < 1.29 is 17.2 Å². The van der Waals surface area contributed by atoms with Gasteiger partial charge in [-0.1, -0.05) is 0 Å². The van der Waals surface area contributed by atoms with Crippen molar-refractivity contribution in [3.8, 4) is 0 Å². The number of nitrogens with two attached hydrogens (primary N) is 1. The van der Waals surface area contributed by atoms with Crippen LogP contribution in [-0.2, 0) is 16.6 Å². The Balaban J connectivity index is 2.36. The molecular formula is C13H13F2N3O2S. The van der Waals surface area contributed by atoms with E-state index in [0.717, 1.165) is 10.4 Å². The molecule has 21 heavy (non-hydrogen) atoms. The number of pyridine rings is 1. The predicted octanol–water partition coefficient (Wildman–Crippen LogP) is 1.76. The van der Waals surface area contributed by atoms with Gasteiger partial charge >= 0.3 is 0 Å². The molecule has 2 aromatic rings. The first-order chi connectivity index (χ1) is 9.82. The van der Waals surface area contributed by atoms with Crippen LogP contribution in [0.4, 0.5) is 14.5 Å². The van der Waals surface area contributed by atoms with Crippen molar-refractivity contribution >= 4 is 15.7 Å². The maximum Gasteiger partial charge on any atom is 0.246 e. The van der Waals surface area contributed by atoms with Gasteiger partial charge in [0.2, 0.25) is 10.0 Å². The number of halogens is 2. The molecule has 2 rings (SSSR count). The quantitative estimate of drug-likeness (QED) is 0.873. The molecule has 2 N–H and O–H groups in total. The van der Waals surface area contributed by atoms with Gasteiger partial charge in [-0.2, -0.15) is 4.31 Å². The first kappa shape index (κ1) is 15.3. The number of hydrogen-bond acceptors (Lipinski definition) is 4. The van der Waals surface area contributed by atoms with Gasteiger partial charge < -0.3 is 5.73 Å². The highest BCUT2D eigenvalue weighted by Gasteiger charge is 2.26. The first-order valence-electron chi connectivity index (χ1n) is 5.92. The lowest BCUT2D eigenvalue weighted by Gasteiger charge is -2.18. The van der Waals surface area contributed by atoms with E-state index in [0.29, 0.717) is 11.6 Å². The number of hydrogen-bond donors (Lipinski definition) is 1. The molecule has 5 nitrogen and oxygen atoms in total. The van der Waals surface area contributed by atoms with E-state index in [9.17, 15) is 17.2 Å². The highest BCUT2D eigenvalue weighted by Crippen LogP contribution is 2.24. The average molecular weight is 313 g/mol. The van der Waals surface area contributed by atoms with E-state index in [1.807, 2.05) is 0 Å². The molecule has 0 saturated carbocycles. The van der Waals surface area contributed by atoms with Crippen LogP contribution in [0, 0.1) is 11.6 Å². The minimum atomic E-state index is -4.12. The van der Waals surface area contributed by atoms with E-state index in [4.69, 9.17) is 5.73 Å². The van der Waals surface area contributed by atoms with Crippen LogP contribution in [0.25, 0.3) is 0 Å². The highest BCUT2D eigenvalue weighted by atomic mass is 32.2.